The Hall–Kier alpha value is 0.617. The summed E-state index contributed by atoms with van der Waals surface area (Å²) in [5, 5.41) is 0. The summed E-state index contributed by atoms with van der Waals surface area (Å²) >= 11 is 0. The number of halogens is 1. The van der Waals surface area contributed by atoms with E-state index in [2.05, 4.69) is 27.9 Å². The summed E-state index contributed by atoms with van der Waals surface area (Å²) in [7, 11) is 4.60. The minimum atomic E-state index is -0.214. The van der Waals surface area contributed by atoms with E-state index in [-0.39, 0.29) is 26.7 Å². The fraction of sp³-hybridized carbons (Fsp3) is 1.00. The number of unbranched alkanes of at least 4 members (excludes halogenated alkanes) is 13. The monoisotopic (exact) mass is 465 g/mol. The van der Waals surface area contributed by atoms with Crippen molar-refractivity contribution in [2.45, 2.75) is 116 Å². The average Bonchev–Trinajstić information content (AvgIpc) is 2.61. The molecule has 0 aliphatic carbocycles. The molecule has 0 aliphatic rings. The van der Waals surface area contributed by atoms with Crippen LogP contribution in [0.2, 0.25) is 6.04 Å². The van der Waals surface area contributed by atoms with Crippen LogP contribution in [0.15, 0.2) is 0 Å². The molecule has 0 saturated carbocycles. The van der Waals surface area contributed by atoms with Crippen LogP contribution >= 0.6 is 0 Å². The first kappa shape index (κ1) is 29.8. The minimum Gasteiger partial charge on any atom is -1.00 e. The molecule has 2 nitrogen and oxygen atoms in total. The predicted molar refractivity (Wildman–Crippen MR) is 122 cm³/mol. The van der Waals surface area contributed by atoms with Gasteiger partial charge in [-0.1, -0.05) is 84.0 Å². The predicted octanol–water partition coefficient (Wildman–Crippen LogP) is 3.48. The van der Waals surface area contributed by atoms with Crippen molar-refractivity contribution in [3.63, 3.8) is 0 Å². The number of rotatable bonds is 21. The lowest BCUT2D eigenvalue weighted by Gasteiger charge is -2.30. The lowest BCUT2D eigenvalue weighted by molar-refractivity contribution is -0.890. The molecule has 0 aromatic carbocycles. The van der Waals surface area contributed by atoms with Gasteiger partial charge >= 0.3 is 0 Å². The maximum atomic E-state index is 5.57. The van der Waals surface area contributed by atoms with Gasteiger partial charge in [0.2, 0.25) is 0 Å². The Morgan fingerprint density at radius 1 is 0.593 bits per heavy atom. The van der Waals surface area contributed by atoms with Crippen molar-refractivity contribution in [2.75, 3.05) is 33.8 Å². The molecule has 0 aliphatic heterocycles. The Kier molecular flexibility index (Phi) is 25.3. The van der Waals surface area contributed by atoms with E-state index in [9.17, 15) is 0 Å². The number of nitrogens with zero attached hydrogens (tertiary/aromatic N) is 1. The Morgan fingerprint density at radius 2 is 1.00 bits per heavy atom. The van der Waals surface area contributed by atoms with Crippen LogP contribution in [0.1, 0.15) is 110 Å². The van der Waals surface area contributed by atoms with Gasteiger partial charge in [-0.25, -0.2) is 0 Å². The Balaban J connectivity index is 0. The highest BCUT2D eigenvalue weighted by molar-refractivity contribution is 6.26. The molecular formula is C23H52BrNOSi. The normalized spacial score (nSPS) is 12.0. The number of hydrogen-bond donors (Lipinski definition) is 0. The topological polar surface area (TPSA) is 9.23 Å². The van der Waals surface area contributed by atoms with Crippen LogP contribution in [0.4, 0.5) is 0 Å². The highest BCUT2D eigenvalue weighted by Gasteiger charge is 2.13. The number of hydrogen-bond acceptors (Lipinski definition) is 1. The van der Waals surface area contributed by atoms with E-state index in [0.29, 0.717) is 0 Å². The van der Waals surface area contributed by atoms with Gasteiger partial charge in [-0.05, 0) is 32.2 Å². The maximum absolute atomic E-state index is 5.57. The molecule has 4 heteroatoms. The lowest BCUT2D eigenvalue weighted by Crippen LogP contribution is -3.00. The van der Waals surface area contributed by atoms with Gasteiger partial charge in [0, 0.05) is 6.61 Å². The molecule has 0 fully saturated rings. The van der Waals surface area contributed by atoms with Crippen molar-refractivity contribution in [1.82, 2.24) is 0 Å². The number of quaternary nitrogens is 1. The third-order valence-corrected chi connectivity index (χ3v) is 7.11. The van der Waals surface area contributed by atoms with Crippen molar-refractivity contribution < 1.29 is 25.9 Å². The van der Waals surface area contributed by atoms with Crippen molar-refractivity contribution >= 4 is 9.76 Å². The van der Waals surface area contributed by atoms with E-state index in [1.807, 2.05) is 0 Å². The molecule has 0 N–H and O–H groups in total. The molecule has 0 bridgehead atoms. The van der Waals surface area contributed by atoms with Gasteiger partial charge in [0.25, 0.3) is 0 Å². The zero-order valence-electron chi connectivity index (χ0n) is 19.4. The minimum absolute atomic E-state index is 0. The summed E-state index contributed by atoms with van der Waals surface area (Å²) in [4.78, 5) is 0. The standard InChI is InChI=1S/C23H52NOSi.BrH/c1-5-7-8-9-10-11-12-13-14-15-16-17-18-19-21-24(3,4)22-20-23-26-25-6-2;/h5-23,26H2,1-4H3;1H/q+1;/p-1. The second kappa shape index (κ2) is 22.9. The lowest BCUT2D eigenvalue weighted by atomic mass is 10.0. The zero-order chi connectivity index (χ0) is 19.3. The molecule has 0 heterocycles. The first-order valence-electron chi connectivity index (χ1n) is 12.0. The molecule has 27 heavy (non-hydrogen) atoms. The molecule has 0 rings (SSSR count). The fourth-order valence-corrected chi connectivity index (χ4v) is 4.66. The quantitative estimate of drug-likeness (QED) is 0.143. The molecule has 0 aromatic rings. The summed E-state index contributed by atoms with van der Waals surface area (Å²) in [6, 6.07) is 1.36. The first-order chi connectivity index (χ1) is 12.6. The van der Waals surface area contributed by atoms with Gasteiger partial charge in [-0.3, -0.25) is 0 Å². The van der Waals surface area contributed by atoms with Crippen LogP contribution in [-0.2, 0) is 4.43 Å². The molecular weight excluding hydrogens is 414 g/mol. The molecule has 0 saturated heterocycles. The van der Waals surface area contributed by atoms with Gasteiger partial charge in [-0.2, -0.15) is 0 Å². The highest BCUT2D eigenvalue weighted by Crippen LogP contribution is 2.13. The van der Waals surface area contributed by atoms with Crippen LogP contribution in [0.3, 0.4) is 0 Å². The summed E-state index contributed by atoms with van der Waals surface area (Å²) in [5.74, 6) is 0. The Morgan fingerprint density at radius 3 is 1.44 bits per heavy atom. The van der Waals surface area contributed by atoms with Gasteiger partial charge in [0.05, 0.1) is 27.2 Å². The molecule has 0 unspecified atom stereocenters. The van der Waals surface area contributed by atoms with Gasteiger partial charge < -0.3 is 25.9 Å². The SMILES string of the molecule is CCCCCCCCCCCCCCCC[N+](C)(C)CCC[SiH2]OCC.[Br-]. The third-order valence-electron chi connectivity index (χ3n) is 5.62. The molecule has 0 amide bonds. The summed E-state index contributed by atoms with van der Waals surface area (Å²) in [6.45, 7) is 8.02. The molecule has 0 atom stereocenters. The van der Waals surface area contributed by atoms with Crippen LogP contribution < -0.4 is 17.0 Å². The largest absolute Gasteiger partial charge is 1.00 e. The zero-order valence-corrected chi connectivity index (χ0v) is 22.4. The van der Waals surface area contributed by atoms with E-state index in [4.69, 9.17) is 4.43 Å². The smallest absolute Gasteiger partial charge is 0.161 e. The Labute approximate surface area is 185 Å². The Bertz CT molecular complexity index is 277. The van der Waals surface area contributed by atoms with Crippen molar-refractivity contribution in [3.8, 4) is 0 Å². The van der Waals surface area contributed by atoms with E-state index >= 15 is 0 Å². The first-order valence-corrected chi connectivity index (χ1v) is 13.6. The summed E-state index contributed by atoms with van der Waals surface area (Å²) in [6.07, 6.45) is 21.7. The van der Waals surface area contributed by atoms with Crippen LogP contribution in [0, 0.1) is 0 Å². The molecule has 166 valence electrons. The second-order valence-electron chi connectivity index (χ2n) is 8.88. The van der Waals surface area contributed by atoms with Crippen LogP contribution in [0.25, 0.3) is 0 Å². The van der Waals surface area contributed by atoms with Crippen LogP contribution in [0.5, 0.6) is 0 Å². The van der Waals surface area contributed by atoms with Crippen molar-refractivity contribution in [1.29, 1.82) is 0 Å². The van der Waals surface area contributed by atoms with Gasteiger partial charge in [-0.15, -0.1) is 0 Å². The second-order valence-corrected chi connectivity index (χ2v) is 10.4. The van der Waals surface area contributed by atoms with Crippen LogP contribution in [-0.4, -0.2) is 48.0 Å². The molecule has 0 spiro atoms. The average molecular weight is 467 g/mol. The highest BCUT2D eigenvalue weighted by atomic mass is 79.9. The van der Waals surface area contributed by atoms with E-state index < -0.39 is 0 Å². The van der Waals surface area contributed by atoms with Gasteiger partial charge in [0.1, 0.15) is 0 Å². The third kappa shape index (κ3) is 24.6. The van der Waals surface area contributed by atoms with Crippen molar-refractivity contribution in [3.05, 3.63) is 0 Å². The maximum Gasteiger partial charge on any atom is 0.161 e. The summed E-state index contributed by atoms with van der Waals surface area (Å²) < 4.78 is 6.77. The molecule has 0 radical (unpaired) electrons. The fourth-order valence-electron chi connectivity index (χ4n) is 3.73. The van der Waals surface area contributed by atoms with E-state index in [0.717, 1.165) is 6.61 Å². The van der Waals surface area contributed by atoms with E-state index in [1.54, 1.807) is 0 Å². The molecule has 0 aromatic heterocycles. The summed E-state index contributed by atoms with van der Waals surface area (Å²) in [5.41, 5.74) is 0. The van der Waals surface area contributed by atoms with E-state index in [1.165, 1.54) is 120 Å². The van der Waals surface area contributed by atoms with Crippen molar-refractivity contribution in [2.24, 2.45) is 0 Å². The van der Waals surface area contributed by atoms with Gasteiger partial charge in [0.15, 0.2) is 9.76 Å².